The van der Waals surface area contributed by atoms with Crippen LogP contribution in [0, 0.1) is 17.3 Å². The number of rotatable bonds is 3. The van der Waals surface area contributed by atoms with Crippen LogP contribution in [0.2, 0.25) is 0 Å². The Balaban J connectivity index is 2.37. The first-order valence-electron chi connectivity index (χ1n) is 6.86. The van der Waals surface area contributed by atoms with Crippen LogP contribution in [0.5, 0.6) is 0 Å². The third-order valence-electron chi connectivity index (χ3n) is 5.07. The maximum atomic E-state index is 12.2. The number of esters is 1. The van der Waals surface area contributed by atoms with E-state index in [0.29, 0.717) is 18.2 Å². The molecular formula is C14H20Cl2O3. The summed E-state index contributed by atoms with van der Waals surface area (Å²) in [6.45, 7) is 4.07. The lowest BCUT2D eigenvalue weighted by molar-refractivity contribution is -0.156. The van der Waals surface area contributed by atoms with Crippen LogP contribution in [-0.2, 0) is 14.3 Å². The van der Waals surface area contributed by atoms with Gasteiger partial charge in [-0.1, -0.05) is 18.5 Å². The van der Waals surface area contributed by atoms with Crippen molar-refractivity contribution in [3.8, 4) is 0 Å². The summed E-state index contributed by atoms with van der Waals surface area (Å²) in [7, 11) is 0. The van der Waals surface area contributed by atoms with E-state index in [2.05, 4.69) is 6.92 Å². The normalized spacial score (nSPS) is 42.0. The van der Waals surface area contributed by atoms with Crippen molar-refractivity contribution in [2.45, 2.75) is 44.4 Å². The fourth-order valence-electron chi connectivity index (χ4n) is 3.85. The molecule has 0 aliphatic heterocycles. The van der Waals surface area contributed by atoms with Crippen LogP contribution in [0.4, 0.5) is 0 Å². The molecule has 0 aromatic heterocycles. The van der Waals surface area contributed by atoms with E-state index in [0.717, 1.165) is 19.3 Å². The molecule has 2 rings (SSSR count). The molecule has 108 valence electrons. The van der Waals surface area contributed by atoms with E-state index >= 15 is 0 Å². The van der Waals surface area contributed by atoms with E-state index < -0.39 is 10.8 Å². The van der Waals surface area contributed by atoms with Gasteiger partial charge in [0, 0.05) is 18.2 Å². The van der Waals surface area contributed by atoms with Gasteiger partial charge in [-0.05, 0) is 37.5 Å². The monoisotopic (exact) mass is 306 g/mol. The van der Waals surface area contributed by atoms with Crippen LogP contribution in [0.1, 0.15) is 39.5 Å². The number of carbonyl (C=O) groups is 2. The van der Waals surface area contributed by atoms with E-state index in [1.807, 2.05) is 0 Å². The molecule has 0 N–H and O–H groups in total. The molecule has 19 heavy (non-hydrogen) atoms. The minimum absolute atomic E-state index is 0.135. The third kappa shape index (κ3) is 2.09. The number of hydrogen-bond acceptors (Lipinski definition) is 3. The van der Waals surface area contributed by atoms with Crippen LogP contribution >= 0.6 is 23.2 Å². The quantitative estimate of drug-likeness (QED) is 0.457. The average Bonchev–Trinajstić information content (AvgIpc) is 2.72. The van der Waals surface area contributed by atoms with E-state index in [1.165, 1.54) is 0 Å². The zero-order chi connectivity index (χ0) is 14.3. The van der Waals surface area contributed by atoms with Crippen molar-refractivity contribution in [1.29, 1.82) is 0 Å². The smallest absolute Gasteiger partial charge is 0.335 e. The Labute approximate surface area is 124 Å². The topological polar surface area (TPSA) is 43.4 Å². The summed E-state index contributed by atoms with van der Waals surface area (Å²) in [5.41, 5.74) is -0.135. The maximum absolute atomic E-state index is 12.2. The third-order valence-corrected chi connectivity index (χ3v) is 6.07. The van der Waals surface area contributed by atoms with Gasteiger partial charge in [0.05, 0.1) is 6.61 Å². The Bertz CT molecular complexity index is 398. The van der Waals surface area contributed by atoms with Gasteiger partial charge < -0.3 is 4.74 Å². The predicted molar refractivity (Wildman–Crippen MR) is 74.5 cm³/mol. The van der Waals surface area contributed by atoms with Gasteiger partial charge in [0.1, 0.15) is 0 Å². The van der Waals surface area contributed by atoms with Crippen molar-refractivity contribution in [2.75, 3.05) is 12.5 Å². The van der Waals surface area contributed by atoms with Gasteiger partial charge in [0.2, 0.25) is 4.87 Å². The molecule has 4 atom stereocenters. The summed E-state index contributed by atoms with van der Waals surface area (Å²) in [5, 5.41) is 0. The maximum Gasteiger partial charge on any atom is 0.335 e. The Hall–Kier alpha value is -0.280. The molecular weight excluding hydrogens is 287 g/mol. The highest BCUT2D eigenvalue weighted by molar-refractivity contribution is 6.46. The molecule has 2 saturated carbocycles. The van der Waals surface area contributed by atoms with Crippen LogP contribution in [-0.4, -0.2) is 29.1 Å². The fourth-order valence-corrected chi connectivity index (χ4v) is 4.86. The number of ether oxygens (including phenoxy) is 1. The molecule has 2 aliphatic rings. The average molecular weight is 307 g/mol. The predicted octanol–water partition coefficient (Wildman–Crippen LogP) is 3.16. The van der Waals surface area contributed by atoms with Crippen LogP contribution in [0.15, 0.2) is 0 Å². The van der Waals surface area contributed by atoms with Crippen molar-refractivity contribution < 1.29 is 14.3 Å². The lowest BCUT2D eigenvalue weighted by Crippen LogP contribution is -2.57. The summed E-state index contributed by atoms with van der Waals surface area (Å²) < 4.78 is 5.05. The van der Waals surface area contributed by atoms with E-state index in [1.54, 1.807) is 6.92 Å². The van der Waals surface area contributed by atoms with Crippen molar-refractivity contribution in [3.63, 3.8) is 0 Å². The summed E-state index contributed by atoms with van der Waals surface area (Å²) in [6.07, 6.45) is 2.79. The van der Waals surface area contributed by atoms with Gasteiger partial charge in [0.15, 0.2) is 5.78 Å². The van der Waals surface area contributed by atoms with Crippen LogP contribution in [0.3, 0.4) is 0 Å². The highest BCUT2D eigenvalue weighted by Crippen LogP contribution is 2.60. The minimum atomic E-state index is -1.50. The molecule has 0 aromatic rings. The number of alkyl halides is 2. The Kier molecular flexibility index (Phi) is 4.18. The lowest BCUT2D eigenvalue weighted by atomic mass is 9.61. The molecule has 2 fully saturated rings. The molecule has 0 radical (unpaired) electrons. The molecule has 0 spiro atoms. The number of hydrogen-bond donors (Lipinski definition) is 0. The second-order valence-corrected chi connectivity index (χ2v) is 6.75. The van der Waals surface area contributed by atoms with Crippen molar-refractivity contribution in [3.05, 3.63) is 0 Å². The van der Waals surface area contributed by atoms with Crippen molar-refractivity contribution in [2.24, 2.45) is 17.3 Å². The zero-order valence-corrected chi connectivity index (χ0v) is 12.9. The first-order valence-corrected chi connectivity index (χ1v) is 7.77. The Morgan fingerprint density at radius 2 is 2.16 bits per heavy atom. The minimum Gasteiger partial charge on any atom is -0.464 e. The summed E-state index contributed by atoms with van der Waals surface area (Å²) >= 11 is 12.5. The molecule has 2 aliphatic carbocycles. The Morgan fingerprint density at radius 1 is 1.47 bits per heavy atom. The number of Topliss-reactive ketones (excluding diaryl/α,β-unsaturated/α-hetero) is 1. The molecule has 0 saturated heterocycles. The molecule has 0 heterocycles. The van der Waals surface area contributed by atoms with Crippen LogP contribution < -0.4 is 0 Å². The fraction of sp³-hybridized carbons (Fsp3) is 0.857. The second kappa shape index (κ2) is 5.25. The van der Waals surface area contributed by atoms with Gasteiger partial charge in [-0.15, -0.1) is 11.6 Å². The van der Waals surface area contributed by atoms with E-state index in [4.69, 9.17) is 27.9 Å². The number of ketones is 1. The number of halogens is 2. The SMILES string of the molecule is CCOC(=O)C1(Cl)C(=O)CC[C@@]2(C)[C@H](CCl)CC[C@@H]12. The van der Waals surface area contributed by atoms with Gasteiger partial charge in [-0.3, -0.25) is 4.79 Å². The highest BCUT2D eigenvalue weighted by Gasteiger charge is 2.64. The summed E-state index contributed by atoms with van der Waals surface area (Å²) in [5.74, 6) is -0.0552. The highest BCUT2D eigenvalue weighted by atomic mass is 35.5. The first-order chi connectivity index (χ1) is 8.91. The number of carbonyl (C=O) groups excluding carboxylic acids is 2. The second-order valence-electron chi connectivity index (χ2n) is 5.84. The lowest BCUT2D eigenvalue weighted by Gasteiger charge is -2.46. The van der Waals surface area contributed by atoms with Gasteiger partial charge >= 0.3 is 5.97 Å². The standard InChI is InChI=1S/C14H20Cl2O3/c1-3-19-12(18)14(16)10-5-4-9(8-15)13(10,2)7-6-11(14)17/h9-10H,3-8H2,1-2H3/t9-,10+,13-,14?/m0/s1. The molecule has 0 bridgehead atoms. The first kappa shape index (κ1) is 15.1. The molecule has 1 unspecified atom stereocenters. The van der Waals surface area contributed by atoms with Gasteiger partial charge in [-0.25, -0.2) is 4.79 Å². The van der Waals surface area contributed by atoms with Gasteiger partial charge in [0.25, 0.3) is 0 Å². The zero-order valence-electron chi connectivity index (χ0n) is 11.4. The molecule has 5 heteroatoms. The van der Waals surface area contributed by atoms with Gasteiger partial charge in [-0.2, -0.15) is 0 Å². The van der Waals surface area contributed by atoms with E-state index in [9.17, 15) is 9.59 Å². The van der Waals surface area contributed by atoms with E-state index in [-0.39, 0.29) is 23.7 Å². The molecule has 0 amide bonds. The Morgan fingerprint density at radius 3 is 2.74 bits per heavy atom. The number of fused-ring (bicyclic) bond motifs is 1. The molecule has 0 aromatic carbocycles. The summed E-state index contributed by atoms with van der Waals surface area (Å²) in [6, 6.07) is 0. The van der Waals surface area contributed by atoms with Crippen molar-refractivity contribution >= 4 is 35.0 Å². The van der Waals surface area contributed by atoms with Crippen molar-refractivity contribution in [1.82, 2.24) is 0 Å². The molecule has 3 nitrogen and oxygen atoms in total. The van der Waals surface area contributed by atoms with Crippen LogP contribution in [0.25, 0.3) is 0 Å². The largest absolute Gasteiger partial charge is 0.464 e. The summed E-state index contributed by atoms with van der Waals surface area (Å²) in [4.78, 5) is 23.0.